The smallest absolute Gasteiger partial charge is 0.339 e. The summed E-state index contributed by atoms with van der Waals surface area (Å²) in [5, 5.41) is 12.8. The normalized spacial score (nSPS) is 10.7. The molecule has 0 bridgehead atoms. The predicted molar refractivity (Wildman–Crippen MR) is 129 cm³/mol. The molecule has 0 unspecified atom stereocenters. The van der Waals surface area contributed by atoms with Gasteiger partial charge in [-0.05, 0) is 53.6 Å². The van der Waals surface area contributed by atoms with Crippen molar-refractivity contribution in [3.05, 3.63) is 94.0 Å². The summed E-state index contributed by atoms with van der Waals surface area (Å²) in [5.74, 6) is -0.324. The van der Waals surface area contributed by atoms with Crippen LogP contribution in [0, 0.1) is 11.3 Å². The summed E-state index contributed by atoms with van der Waals surface area (Å²) in [6.07, 6.45) is 1.42. The third-order valence-corrected chi connectivity index (χ3v) is 5.00. The van der Waals surface area contributed by atoms with Crippen LogP contribution in [0.3, 0.4) is 0 Å². The molecule has 3 aromatic rings. The number of carbonyl (C=O) groups is 2. The quantitative estimate of drug-likeness (QED) is 0.270. The van der Waals surface area contributed by atoms with E-state index in [0.29, 0.717) is 22.1 Å². The first-order chi connectivity index (χ1) is 16.4. The lowest BCUT2D eigenvalue weighted by atomic mass is 10.1. The monoisotopic (exact) mass is 476 g/mol. The maximum atomic E-state index is 12.7. The molecule has 3 aromatic carbocycles. The second-order valence-electron chi connectivity index (χ2n) is 6.99. The summed E-state index contributed by atoms with van der Waals surface area (Å²) in [6.45, 7) is 0.274. The van der Waals surface area contributed by atoms with Gasteiger partial charge in [-0.15, -0.1) is 0 Å². The van der Waals surface area contributed by atoms with Gasteiger partial charge < -0.3 is 19.5 Å². The molecule has 0 aliphatic rings. The topological polar surface area (TPSA) is 97.7 Å². The van der Waals surface area contributed by atoms with Crippen molar-refractivity contribution in [3.63, 3.8) is 0 Å². The van der Waals surface area contributed by atoms with E-state index in [1.54, 1.807) is 48.5 Å². The van der Waals surface area contributed by atoms with Crippen LogP contribution in [0.15, 0.2) is 72.3 Å². The Kier molecular flexibility index (Phi) is 8.27. The van der Waals surface area contributed by atoms with Gasteiger partial charge in [0.1, 0.15) is 18.2 Å². The summed E-state index contributed by atoms with van der Waals surface area (Å²) >= 11 is 5.92. The van der Waals surface area contributed by atoms with E-state index in [0.717, 1.165) is 5.56 Å². The fraction of sp³-hybridized carbons (Fsp3) is 0.115. The van der Waals surface area contributed by atoms with E-state index >= 15 is 0 Å². The third-order valence-electron chi connectivity index (χ3n) is 4.75. The number of esters is 1. The molecular formula is C26H21ClN2O5. The second kappa shape index (κ2) is 11.5. The van der Waals surface area contributed by atoms with Gasteiger partial charge in [-0.25, -0.2) is 4.79 Å². The number of carbonyl (C=O) groups excluding carboxylic acids is 2. The van der Waals surface area contributed by atoms with Gasteiger partial charge in [0.15, 0.2) is 11.5 Å². The highest BCUT2D eigenvalue weighted by atomic mass is 35.5. The molecular weight excluding hydrogens is 456 g/mol. The standard InChI is InChI=1S/C26H21ClN2O5/c1-32-23-12-9-18(14-24(23)34-16-17-7-10-20(27)11-8-17)13-19(15-28)25(30)29-22-6-4-3-5-21(22)26(31)33-2/h3-14H,16H2,1-2H3,(H,29,30)/b19-13+. The number of para-hydroxylation sites is 1. The first-order valence-corrected chi connectivity index (χ1v) is 10.5. The van der Waals surface area contributed by atoms with Crippen LogP contribution in [0.25, 0.3) is 6.08 Å². The van der Waals surface area contributed by atoms with Crippen molar-refractivity contribution in [2.24, 2.45) is 0 Å². The van der Waals surface area contributed by atoms with Crippen molar-refractivity contribution in [2.45, 2.75) is 6.61 Å². The minimum atomic E-state index is -0.668. The van der Waals surface area contributed by atoms with Gasteiger partial charge >= 0.3 is 5.97 Å². The highest BCUT2D eigenvalue weighted by molar-refractivity contribution is 6.30. The molecule has 0 saturated heterocycles. The Morgan fingerprint density at radius 3 is 2.44 bits per heavy atom. The molecule has 0 spiro atoms. The Hall–Kier alpha value is -4.28. The van der Waals surface area contributed by atoms with Crippen LogP contribution in [-0.4, -0.2) is 26.1 Å². The Morgan fingerprint density at radius 2 is 1.76 bits per heavy atom. The maximum Gasteiger partial charge on any atom is 0.339 e. The lowest BCUT2D eigenvalue weighted by molar-refractivity contribution is -0.112. The zero-order chi connectivity index (χ0) is 24.5. The summed E-state index contributed by atoms with van der Waals surface area (Å²) in [6, 6.07) is 20.6. The number of halogens is 1. The van der Waals surface area contributed by atoms with E-state index in [2.05, 4.69) is 5.32 Å². The number of hydrogen-bond acceptors (Lipinski definition) is 6. The number of hydrogen-bond donors (Lipinski definition) is 1. The molecule has 0 atom stereocenters. The number of rotatable bonds is 8. The van der Waals surface area contributed by atoms with Gasteiger partial charge in [0.05, 0.1) is 25.5 Å². The molecule has 3 rings (SSSR count). The Labute approximate surface area is 202 Å². The number of nitrogens with one attached hydrogen (secondary N) is 1. The minimum Gasteiger partial charge on any atom is -0.493 e. The van der Waals surface area contributed by atoms with Crippen LogP contribution in [0.2, 0.25) is 5.02 Å². The van der Waals surface area contributed by atoms with E-state index in [4.69, 9.17) is 25.8 Å². The number of methoxy groups -OCH3 is 2. The molecule has 0 radical (unpaired) electrons. The van der Waals surface area contributed by atoms with Gasteiger partial charge in [0, 0.05) is 5.02 Å². The van der Waals surface area contributed by atoms with Crippen molar-refractivity contribution in [3.8, 4) is 17.6 Å². The number of ether oxygens (including phenoxy) is 3. The summed E-state index contributed by atoms with van der Waals surface area (Å²) < 4.78 is 16.0. The number of benzene rings is 3. The van der Waals surface area contributed by atoms with Crippen molar-refractivity contribution < 1.29 is 23.8 Å². The maximum absolute atomic E-state index is 12.7. The van der Waals surface area contributed by atoms with E-state index in [9.17, 15) is 14.9 Å². The number of anilines is 1. The van der Waals surface area contributed by atoms with E-state index in [1.807, 2.05) is 18.2 Å². The molecule has 0 aliphatic heterocycles. The summed E-state index contributed by atoms with van der Waals surface area (Å²) in [7, 11) is 2.77. The SMILES string of the molecule is COC(=O)c1ccccc1NC(=O)/C(C#N)=C/c1ccc(OC)c(OCc2ccc(Cl)cc2)c1. The van der Waals surface area contributed by atoms with E-state index in [-0.39, 0.29) is 23.4 Å². The number of nitriles is 1. The average Bonchev–Trinajstić information content (AvgIpc) is 2.86. The Balaban J connectivity index is 1.82. The van der Waals surface area contributed by atoms with E-state index < -0.39 is 11.9 Å². The molecule has 0 heterocycles. The Bertz CT molecular complexity index is 1260. The summed E-state index contributed by atoms with van der Waals surface area (Å²) in [4.78, 5) is 24.7. The molecule has 7 nitrogen and oxygen atoms in total. The van der Waals surface area contributed by atoms with Gasteiger partial charge in [0.2, 0.25) is 0 Å². The first kappa shape index (κ1) is 24.4. The lowest BCUT2D eigenvalue weighted by Crippen LogP contribution is -2.16. The largest absolute Gasteiger partial charge is 0.493 e. The zero-order valence-electron chi connectivity index (χ0n) is 18.5. The molecule has 1 amide bonds. The van der Waals surface area contributed by atoms with Crippen LogP contribution in [0.1, 0.15) is 21.5 Å². The van der Waals surface area contributed by atoms with Gasteiger partial charge in [-0.2, -0.15) is 5.26 Å². The number of amides is 1. The first-order valence-electron chi connectivity index (χ1n) is 10.1. The van der Waals surface area contributed by atoms with Crippen molar-refractivity contribution >= 4 is 35.2 Å². The zero-order valence-corrected chi connectivity index (χ0v) is 19.3. The molecule has 0 saturated carbocycles. The second-order valence-corrected chi connectivity index (χ2v) is 7.42. The van der Waals surface area contributed by atoms with Crippen LogP contribution >= 0.6 is 11.6 Å². The minimum absolute atomic E-state index is 0.159. The fourth-order valence-electron chi connectivity index (χ4n) is 3.02. The molecule has 0 fully saturated rings. The lowest BCUT2D eigenvalue weighted by Gasteiger charge is -2.12. The number of nitrogens with zero attached hydrogens (tertiary/aromatic N) is 1. The third kappa shape index (κ3) is 6.15. The predicted octanol–water partition coefficient (Wildman–Crippen LogP) is 5.26. The molecule has 0 aliphatic carbocycles. The van der Waals surface area contributed by atoms with E-state index in [1.165, 1.54) is 26.4 Å². The van der Waals surface area contributed by atoms with Crippen LogP contribution in [-0.2, 0) is 16.1 Å². The van der Waals surface area contributed by atoms with Gasteiger partial charge in [0.25, 0.3) is 5.91 Å². The summed E-state index contributed by atoms with van der Waals surface area (Å²) in [5.41, 5.74) is 1.72. The van der Waals surface area contributed by atoms with Crippen LogP contribution in [0.4, 0.5) is 5.69 Å². The van der Waals surface area contributed by atoms with Gasteiger partial charge in [-0.1, -0.05) is 41.9 Å². The average molecular weight is 477 g/mol. The fourth-order valence-corrected chi connectivity index (χ4v) is 3.15. The van der Waals surface area contributed by atoms with Crippen LogP contribution < -0.4 is 14.8 Å². The van der Waals surface area contributed by atoms with Crippen LogP contribution in [0.5, 0.6) is 11.5 Å². The molecule has 172 valence electrons. The molecule has 0 aromatic heterocycles. The van der Waals surface area contributed by atoms with Gasteiger partial charge in [-0.3, -0.25) is 4.79 Å². The highest BCUT2D eigenvalue weighted by Crippen LogP contribution is 2.30. The van der Waals surface area contributed by atoms with Crippen molar-refractivity contribution in [1.29, 1.82) is 5.26 Å². The molecule has 1 N–H and O–H groups in total. The Morgan fingerprint density at radius 1 is 1.03 bits per heavy atom. The van der Waals surface area contributed by atoms with Crippen molar-refractivity contribution in [2.75, 3.05) is 19.5 Å². The molecule has 8 heteroatoms. The molecule has 34 heavy (non-hydrogen) atoms. The van der Waals surface area contributed by atoms with Crippen molar-refractivity contribution in [1.82, 2.24) is 0 Å². The highest BCUT2D eigenvalue weighted by Gasteiger charge is 2.16.